The molecule has 0 saturated carbocycles. The first kappa shape index (κ1) is 39.2. The number of hydrogen-bond acceptors (Lipinski definition) is 1. The number of para-hydroxylation sites is 1. The van der Waals surface area contributed by atoms with Gasteiger partial charge in [0.2, 0.25) is 0 Å². The van der Waals surface area contributed by atoms with Gasteiger partial charge in [0.15, 0.2) is 0 Å². The Balaban J connectivity index is 0.967. The molecular formula is C67H44N2. The Morgan fingerprint density at radius 2 is 0.826 bits per heavy atom. The van der Waals surface area contributed by atoms with Crippen molar-refractivity contribution in [2.45, 2.75) is 5.41 Å². The second-order valence-electron chi connectivity index (χ2n) is 18.4. The molecule has 12 aromatic carbocycles. The number of fused-ring (bicyclic) bond motifs is 11. The molecule has 0 spiro atoms. The molecule has 1 aliphatic carbocycles. The molecule has 1 aliphatic rings. The first-order chi connectivity index (χ1) is 34.2. The van der Waals surface area contributed by atoms with Gasteiger partial charge in [-0.2, -0.15) is 0 Å². The maximum absolute atomic E-state index is 2.47. The minimum atomic E-state index is -0.521. The van der Waals surface area contributed by atoms with Crippen molar-refractivity contribution in [3.8, 4) is 27.9 Å². The van der Waals surface area contributed by atoms with Crippen LogP contribution in [0.15, 0.2) is 267 Å². The molecule has 0 atom stereocenters. The minimum absolute atomic E-state index is 0.521. The van der Waals surface area contributed by atoms with Crippen LogP contribution in [0.25, 0.3) is 82.1 Å². The standard InChI is InChI=1S/C67H44N2/c1-4-18-50(19-5-1)67(51-20-6-2-7-21-51)63-27-15-14-26-58(63)59-41-38-55(44-64(59)67)68(54-37-32-48-29-28-46-16-10-12-24-56(46)62(48)43-54)53-35-30-45(31-36-53)49-34-39-60-61-40-33-47-17-11-13-25-57(47)66(61)69(65(60)42-49)52-22-8-3-9-23-52/h1-44H. The van der Waals surface area contributed by atoms with Crippen molar-refractivity contribution < 1.29 is 0 Å². The van der Waals surface area contributed by atoms with E-state index >= 15 is 0 Å². The molecule has 14 rings (SSSR count). The summed E-state index contributed by atoms with van der Waals surface area (Å²) in [6, 6.07) is 98.7. The highest BCUT2D eigenvalue weighted by Crippen LogP contribution is 2.57. The topological polar surface area (TPSA) is 8.17 Å². The van der Waals surface area contributed by atoms with E-state index in [2.05, 4.69) is 276 Å². The summed E-state index contributed by atoms with van der Waals surface area (Å²) in [5.41, 5.74) is 16.3. The van der Waals surface area contributed by atoms with Crippen LogP contribution in [-0.2, 0) is 5.41 Å². The summed E-state index contributed by atoms with van der Waals surface area (Å²) in [4.78, 5) is 2.45. The molecule has 2 heteroatoms. The van der Waals surface area contributed by atoms with Crippen LogP contribution in [0.2, 0.25) is 0 Å². The van der Waals surface area contributed by atoms with E-state index in [1.54, 1.807) is 0 Å². The lowest BCUT2D eigenvalue weighted by atomic mass is 9.67. The smallest absolute Gasteiger partial charge is 0.0714 e. The molecule has 1 heterocycles. The first-order valence-electron chi connectivity index (χ1n) is 23.9. The Hall–Kier alpha value is -8.98. The van der Waals surface area contributed by atoms with Crippen molar-refractivity contribution in [2.75, 3.05) is 4.90 Å². The van der Waals surface area contributed by atoms with E-state index in [-0.39, 0.29) is 0 Å². The Morgan fingerprint density at radius 1 is 0.304 bits per heavy atom. The van der Waals surface area contributed by atoms with Gasteiger partial charge in [-0.25, -0.2) is 0 Å². The molecular weight excluding hydrogens is 833 g/mol. The van der Waals surface area contributed by atoms with Crippen LogP contribution in [0.4, 0.5) is 17.1 Å². The molecule has 13 aromatic rings. The largest absolute Gasteiger partial charge is 0.310 e. The van der Waals surface area contributed by atoms with Crippen LogP contribution >= 0.6 is 0 Å². The molecule has 0 amide bonds. The van der Waals surface area contributed by atoms with E-state index in [0.717, 1.165) is 28.3 Å². The third kappa shape index (κ3) is 5.99. The lowest BCUT2D eigenvalue weighted by molar-refractivity contribution is 0.768. The molecule has 322 valence electrons. The Labute approximate surface area is 401 Å². The predicted octanol–water partition coefficient (Wildman–Crippen LogP) is 17.7. The van der Waals surface area contributed by atoms with Gasteiger partial charge in [0, 0.05) is 38.9 Å². The molecule has 0 bridgehead atoms. The van der Waals surface area contributed by atoms with Gasteiger partial charge in [0.05, 0.1) is 16.4 Å². The minimum Gasteiger partial charge on any atom is -0.310 e. The summed E-state index contributed by atoms with van der Waals surface area (Å²) in [6.07, 6.45) is 0. The number of anilines is 3. The average Bonchev–Trinajstić information content (AvgIpc) is 3.92. The van der Waals surface area contributed by atoms with Gasteiger partial charge in [0.1, 0.15) is 0 Å². The SMILES string of the molecule is c1ccc(-n2c3cc(-c4ccc(N(c5ccc6c(c5)C(c5ccccc5)(c5ccccc5)c5ccccc5-6)c5ccc6ccc7ccccc7c6c5)cc4)ccc3c3ccc4ccccc4c32)cc1. The van der Waals surface area contributed by atoms with E-state index in [1.165, 1.54) is 93.1 Å². The number of aromatic nitrogens is 1. The van der Waals surface area contributed by atoms with Gasteiger partial charge in [-0.3, -0.25) is 0 Å². The number of rotatable bonds is 7. The summed E-state index contributed by atoms with van der Waals surface area (Å²) < 4.78 is 2.45. The predicted molar refractivity (Wildman–Crippen MR) is 291 cm³/mol. The molecule has 0 radical (unpaired) electrons. The van der Waals surface area contributed by atoms with Crippen molar-refractivity contribution in [1.29, 1.82) is 0 Å². The fourth-order valence-corrected chi connectivity index (χ4v) is 11.8. The number of nitrogens with zero attached hydrogens (tertiary/aromatic N) is 2. The van der Waals surface area contributed by atoms with E-state index in [4.69, 9.17) is 0 Å². The zero-order valence-electron chi connectivity index (χ0n) is 37.8. The lowest BCUT2D eigenvalue weighted by Crippen LogP contribution is -2.28. The highest BCUT2D eigenvalue weighted by molar-refractivity contribution is 6.19. The van der Waals surface area contributed by atoms with E-state index in [1.807, 2.05) is 0 Å². The van der Waals surface area contributed by atoms with Gasteiger partial charge in [0.25, 0.3) is 0 Å². The molecule has 0 aliphatic heterocycles. The van der Waals surface area contributed by atoms with E-state index < -0.39 is 5.41 Å². The monoisotopic (exact) mass is 876 g/mol. The summed E-state index contributed by atoms with van der Waals surface area (Å²) in [5.74, 6) is 0. The van der Waals surface area contributed by atoms with Crippen molar-refractivity contribution in [2.24, 2.45) is 0 Å². The first-order valence-corrected chi connectivity index (χ1v) is 23.9. The third-order valence-electron chi connectivity index (χ3n) is 14.8. The molecule has 0 fully saturated rings. The van der Waals surface area contributed by atoms with E-state index in [9.17, 15) is 0 Å². The number of benzene rings is 12. The zero-order valence-corrected chi connectivity index (χ0v) is 37.8. The summed E-state index contributed by atoms with van der Waals surface area (Å²) in [6.45, 7) is 0. The highest BCUT2D eigenvalue weighted by Gasteiger charge is 2.46. The summed E-state index contributed by atoms with van der Waals surface area (Å²) in [5, 5.41) is 9.94. The molecule has 2 nitrogen and oxygen atoms in total. The van der Waals surface area contributed by atoms with Crippen molar-refractivity contribution in [3.63, 3.8) is 0 Å². The highest BCUT2D eigenvalue weighted by atomic mass is 15.1. The normalized spacial score (nSPS) is 12.8. The third-order valence-corrected chi connectivity index (χ3v) is 14.8. The van der Waals surface area contributed by atoms with Crippen LogP contribution in [0, 0.1) is 0 Å². The fourth-order valence-electron chi connectivity index (χ4n) is 11.8. The van der Waals surface area contributed by atoms with Crippen molar-refractivity contribution in [3.05, 3.63) is 289 Å². The van der Waals surface area contributed by atoms with Gasteiger partial charge in [-0.15, -0.1) is 0 Å². The van der Waals surface area contributed by atoms with Crippen molar-refractivity contribution >= 4 is 71.2 Å². The Kier molecular flexibility index (Phi) is 8.84. The average molecular weight is 877 g/mol. The summed E-state index contributed by atoms with van der Waals surface area (Å²) in [7, 11) is 0. The number of hydrogen-bond donors (Lipinski definition) is 0. The van der Waals surface area contributed by atoms with Gasteiger partial charge < -0.3 is 9.47 Å². The lowest BCUT2D eigenvalue weighted by Gasteiger charge is -2.35. The van der Waals surface area contributed by atoms with E-state index in [0.29, 0.717) is 0 Å². The maximum Gasteiger partial charge on any atom is 0.0714 e. The van der Waals surface area contributed by atoms with Crippen LogP contribution in [0.3, 0.4) is 0 Å². The second-order valence-corrected chi connectivity index (χ2v) is 18.4. The fraction of sp³-hybridized carbons (Fsp3) is 0.0149. The Bertz CT molecular complexity index is 4070. The molecule has 0 saturated heterocycles. The van der Waals surface area contributed by atoms with Crippen LogP contribution in [-0.4, -0.2) is 4.57 Å². The second kappa shape index (κ2) is 15.6. The zero-order chi connectivity index (χ0) is 45.5. The van der Waals surface area contributed by atoms with Crippen LogP contribution in [0.5, 0.6) is 0 Å². The molecule has 0 N–H and O–H groups in total. The molecule has 0 unspecified atom stereocenters. The Morgan fingerprint density at radius 3 is 1.58 bits per heavy atom. The maximum atomic E-state index is 2.47. The van der Waals surface area contributed by atoms with Crippen molar-refractivity contribution in [1.82, 2.24) is 4.57 Å². The van der Waals surface area contributed by atoms with Crippen LogP contribution in [0.1, 0.15) is 22.3 Å². The summed E-state index contributed by atoms with van der Waals surface area (Å²) >= 11 is 0. The van der Waals surface area contributed by atoms with Gasteiger partial charge in [-0.05, 0) is 126 Å². The quantitative estimate of drug-likeness (QED) is 0.145. The molecule has 69 heavy (non-hydrogen) atoms. The van der Waals surface area contributed by atoms with Gasteiger partial charge in [-0.1, -0.05) is 212 Å². The van der Waals surface area contributed by atoms with Crippen LogP contribution < -0.4 is 4.90 Å². The molecule has 1 aromatic heterocycles. The van der Waals surface area contributed by atoms with Gasteiger partial charge >= 0.3 is 0 Å².